The van der Waals surface area contributed by atoms with Gasteiger partial charge in [0.25, 0.3) is 0 Å². The maximum Gasteiger partial charge on any atom is 0.234 e. The van der Waals surface area contributed by atoms with Gasteiger partial charge in [-0.15, -0.1) is 0 Å². The monoisotopic (exact) mass is 170 g/mol. The second-order valence-electron chi connectivity index (χ2n) is 2.87. The van der Waals surface area contributed by atoms with Crippen molar-refractivity contribution in [3.05, 3.63) is 11.6 Å². The van der Waals surface area contributed by atoms with E-state index in [9.17, 15) is 4.79 Å². The number of allylic oxidation sites excluding steroid dienone is 1. The lowest BCUT2D eigenvalue weighted by atomic mass is 10.3. The van der Waals surface area contributed by atoms with Crippen LogP contribution < -0.4 is 10.6 Å². The molecule has 0 bridgehead atoms. The highest BCUT2D eigenvalue weighted by Gasteiger charge is 1.95. The molecule has 0 rings (SSSR count). The molecule has 0 aliphatic rings. The van der Waals surface area contributed by atoms with Gasteiger partial charge in [-0.3, -0.25) is 4.79 Å². The van der Waals surface area contributed by atoms with Crippen LogP contribution in [0.1, 0.15) is 20.8 Å². The second-order valence-corrected chi connectivity index (χ2v) is 2.87. The molecule has 3 heteroatoms. The van der Waals surface area contributed by atoms with Gasteiger partial charge in [-0.25, -0.2) is 0 Å². The average molecular weight is 170 g/mol. The molecule has 0 fully saturated rings. The Bertz CT molecular complexity index is 160. The topological polar surface area (TPSA) is 41.1 Å². The van der Waals surface area contributed by atoms with Gasteiger partial charge in [0.1, 0.15) is 0 Å². The summed E-state index contributed by atoms with van der Waals surface area (Å²) in [5.41, 5.74) is 1.22. The lowest BCUT2D eigenvalue weighted by Gasteiger charge is -2.02. The summed E-state index contributed by atoms with van der Waals surface area (Å²) in [5, 5.41) is 5.72. The van der Waals surface area contributed by atoms with Crippen LogP contribution in [0.2, 0.25) is 0 Å². The largest absolute Gasteiger partial charge is 0.352 e. The molecule has 0 aromatic rings. The first-order valence-electron chi connectivity index (χ1n) is 4.27. The zero-order valence-corrected chi connectivity index (χ0v) is 8.11. The van der Waals surface area contributed by atoms with E-state index in [1.54, 1.807) is 0 Å². The highest BCUT2D eigenvalue weighted by atomic mass is 16.1. The number of likely N-dealkylation sites (N-methyl/N-ethyl adjacent to an activating group) is 1. The minimum Gasteiger partial charge on any atom is -0.352 e. The highest BCUT2D eigenvalue weighted by Crippen LogP contribution is 1.84. The Hall–Kier alpha value is -0.830. The molecule has 0 aliphatic carbocycles. The molecule has 12 heavy (non-hydrogen) atoms. The van der Waals surface area contributed by atoms with Crippen LogP contribution in [0.15, 0.2) is 11.6 Å². The van der Waals surface area contributed by atoms with E-state index in [0.29, 0.717) is 13.1 Å². The number of carbonyl (C=O) groups is 1. The smallest absolute Gasteiger partial charge is 0.234 e. The summed E-state index contributed by atoms with van der Waals surface area (Å²) >= 11 is 0. The maximum atomic E-state index is 11.0. The summed E-state index contributed by atoms with van der Waals surface area (Å²) in [4.78, 5) is 11.0. The molecule has 0 saturated heterocycles. The van der Waals surface area contributed by atoms with Gasteiger partial charge in [0.05, 0.1) is 6.54 Å². The summed E-state index contributed by atoms with van der Waals surface area (Å²) < 4.78 is 0. The first-order chi connectivity index (χ1) is 5.66. The number of nitrogens with one attached hydrogen (secondary N) is 2. The van der Waals surface area contributed by atoms with Crippen LogP contribution in [0.3, 0.4) is 0 Å². The third-order valence-electron chi connectivity index (χ3n) is 1.35. The van der Waals surface area contributed by atoms with Crippen molar-refractivity contribution in [3.63, 3.8) is 0 Å². The molecule has 70 valence electrons. The molecule has 2 N–H and O–H groups in total. The Balaban J connectivity index is 3.38. The molecule has 0 atom stereocenters. The standard InChI is InChI=1S/C9H18N2O/c1-4-10-7-9(12)11-6-5-8(2)3/h5,10H,4,6-7H2,1-3H3,(H,11,12). The van der Waals surface area contributed by atoms with Crippen molar-refractivity contribution in [2.24, 2.45) is 0 Å². The first-order valence-corrected chi connectivity index (χ1v) is 4.27. The van der Waals surface area contributed by atoms with Crippen molar-refractivity contribution < 1.29 is 4.79 Å². The Kier molecular flexibility index (Phi) is 6.38. The summed E-state index contributed by atoms with van der Waals surface area (Å²) in [6, 6.07) is 0. The van der Waals surface area contributed by atoms with Crippen molar-refractivity contribution in [2.45, 2.75) is 20.8 Å². The van der Waals surface area contributed by atoms with Crippen LogP contribution in [0.4, 0.5) is 0 Å². The number of hydrogen-bond acceptors (Lipinski definition) is 2. The molecule has 0 aromatic carbocycles. The predicted octanol–water partition coefficient (Wildman–Crippen LogP) is 0.678. The van der Waals surface area contributed by atoms with Crippen molar-refractivity contribution >= 4 is 5.91 Å². The maximum absolute atomic E-state index is 11.0. The molecule has 0 heterocycles. The van der Waals surface area contributed by atoms with Crippen molar-refractivity contribution in [2.75, 3.05) is 19.6 Å². The van der Waals surface area contributed by atoms with Gasteiger partial charge in [0.2, 0.25) is 5.91 Å². The van der Waals surface area contributed by atoms with Gasteiger partial charge < -0.3 is 10.6 Å². The molecular weight excluding hydrogens is 152 g/mol. The molecule has 0 aliphatic heterocycles. The van der Waals surface area contributed by atoms with Crippen molar-refractivity contribution in [1.29, 1.82) is 0 Å². The van der Waals surface area contributed by atoms with Crippen molar-refractivity contribution in [3.8, 4) is 0 Å². The third-order valence-corrected chi connectivity index (χ3v) is 1.35. The third kappa shape index (κ3) is 7.28. The zero-order chi connectivity index (χ0) is 9.40. The van der Waals surface area contributed by atoms with Crippen LogP contribution in [0.25, 0.3) is 0 Å². The highest BCUT2D eigenvalue weighted by molar-refractivity contribution is 5.78. The molecule has 3 nitrogen and oxygen atoms in total. The lowest BCUT2D eigenvalue weighted by molar-refractivity contribution is -0.120. The number of rotatable bonds is 5. The second kappa shape index (κ2) is 6.85. The first kappa shape index (κ1) is 11.2. The Morgan fingerprint density at radius 3 is 2.58 bits per heavy atom. The number of carbonyl (C=O) groups excluding carboxylic acids is 1. The Morgan fingerprint density at radius 1 is 1.42 bits per heavy atom. The summed E-state index contributed by atoms with van der Waals surface area (Å²) in [5.74, 6) is 0.0503. The quantitative estimate of drug-likeness (QED) is 0.596. The van der Waals surface area contributed by atoms with Gasteiger partial charge in [0.15, 0.2) is 0 Å². The van der Waals surface area contributed by atoms with E-state index in [0.717, 1.165) is 6.54 Å². The minimum atomic E-state index is 0.0503. The van der Waals surface area contributed by atoms with Crippen LogP contribution in [0.5, 0.6) is 0 Å². The Morgan fingerprint density at radius 2 is 2.08 bits per heavy atom. The fourth-order valence-electron chi connectivity index (χ4n) is 0.670. The summed E-state index contributed by atoms with van der Waals surface area (Å²) in [6.45, 7) is 7.87. The molecule has 0 saturated carbocycles. The van der Waals surface area contributed by atoms with E-state index in [2.05, 4.69) is 10.6 Å². The van der Waals surface area contributed by atoms with E-state index in [-0.39, 0.29) is 5.91 Å². The van der Waals surface area contributed by atoms with E-state index in [1.165, 1.54) is 5.57 Å². The normalized spacial score (nSPS) is 9.25. The van der Waals surface area contributed by atoms with E-state index in [1.807, 2.05) is 26.8 Å². The minimum absolute atomic E-state index is 0.0503. The molecule has 0 spiro atoms. The van der Waals surface area contributed by atoms with Crippen LogP contribution in [-0.4, -0.2) is 25.5 Å². The van der Waals surface area contributed by atoms with Crippen LogP contribution in [0, 0.1) is 0 Å². The number of amides is 1. The molecule has 0 unspecified atom stereocenters. The fourth-order valence-corrected chi connectivity index (χ4v) is 0.670. The average Bonchev–Trinajstić information content (AvgIpc) is 2.00. The fraction of sp³-hybridized carbons (Fsp3) is 0.667. The number of hydrogen-bond donors (Lipinski definition) is 2. The van der Waals surface area contributed by atoms with Gasteiger partial charge in [-0.1, -0.05) is 18.6 Å². The van der Waals surface area contributed by atoms with Crippen LogP contribution >= 0.6 is 0 Å². The van der Waals surface area contributed by atoms with Gasteiger partial charge in [-0.2, -0.15) is 0 Å². The molecular formula is C9H18N2O. The molecule has 0 aromatic heterocycles. The summed E-state index contributed by atoms with van der Waals surface area (Å²) in [6.07, 6.45) is 1.99. The zero-order valence-electron chi connectivity index (χ0n) is 8.11. The Labute approximate surface area is 74.2 Å². The predicted molar refractivity (Wildman–Crippen MR) is 51.0 cm³/mol. The van der Waals surface area contributed by atoms with Crippen LogP contribution in [-0.2, 0) is 4.79 Å². The SMILES string of the molecule is CCNCC(=O)NCC=C(C)C. The van der Waals surface area contributed by atoms with Crippen molar-refractivity contribution in [1.82, 2.24) is 10.6 Å². The van der Waals surface area contributed by atoms with Gasteiger partial charge >= 0.3 is 0 Å². The van der Waals surface area contributed by atoms with E-state index >= 15 is 0 Å². The van der Waals surface area contributed by atoms with E-state index in [4.69, 9.17) is 0 Å². The van der Waals surface area contributed by atoms with Gasteiger partial charge in [0, 0.05) is 6.54 Å². The van der Waals surface area contributed by atoms with E-state index < -0.39 is 0 Å². The molecule has 1 amide bonds. The molecule has 0 radical (unpaired) electrons. The van der Waals surface area contributed by atoms with Gasteiger partial charge in [-0.05, 0) is 20.4 Å². The summed E-state index contributed by atoms with van der Waals surface area (Å²) in [7, 11) is 0. The lowest BCUT2D eigenvalue weighted by Crippen LogP contribution is -2.33.